The van der Waals surface area contributed by atoms with Crippen LogP contribution in [0.5, 0.6) is 0 Å². The summed E-state index contributed by atoms with van der Waals surface area (Å²) in [6.45, 7) is 7.18. The molecule has 2 amide bonds. The topological polar surface area (TPSA) is 67.9 Å². The van der Waals surface area contributed by atoms with Crippen molar-refractivity contribution in [1.82, 2.24) is 4.90 Å². The molecule has 0 spiro atoms. The van der Waals surface area contributed by atoms with Gasteiger partial charge in [-0.15, -0.1) is 0 Å². The highest BCUT2D eigenvalue weighted by molar-refractivity contribution is 5.93. The van der Waals surface area contributed by atoms with E-state index in [4.69, 9.17) is 9.47 Å². The molecule has 0 bridgehead atoms. The van der Waals surface area contributed by atoms with Gasteiger partial charge in [0.05, 0.1) is 6.10 Å². The number of hydrogen-bond acceptors (Lipinski definition) is 4. The normalized spacial score (nSPS) is 12.4. The van der Waals surface area contributed by atoms with Crippen molar-refractivity contribution in [3.8, 4) is 0 Å². The summed E-state index contributed by atoms with van der Waals surface area (Å²) in [5, 5.41) is 2.77. The molecule has 6 heteroatoms. The summed E-state index contributed by atoms with van der Waals surface area (Å²) < 4.78 is 10.5. The lowest BCUT2D eigenvalue weighted by Crippen LogP contribution is -2.38. The second-order valence-corrected chi connectivity index (χ2v) is 6.39. The SMILES string of the molecule is COC(C)c1cccc(NC(=O)CN(C)C(=O)OC(C)(C)C)c1. The number of carbonyl (C=O) groups excluding carboxylic acids is 2. The molecule has 0 heterocycles. The number of likely N-dealkylation sites (N-methyl/N-ethyl adjacent to an activating group) is 1. The van der Waals surface area contributed by atoms with Crippen molar-refractivity contribution in [2.75, 3.05) is 26.0 Å². The van der Waals surface area contributed by atoms with Crippen LogP contribution in [0.3, 0.4) is 0 Å². The summed E-state index contributed by atoms with van der Waals surface area (Å²) in [7, 11) is 3.16. The van der Waals surface area contributed by atoms with E-state index < -0.39 is 11.7 Å². The summed E-state index contributed by atoms with van der Waals surface area (Å²) in [4.78, 5) is 25.1. The molecule has 1 N–H and O–H groups in total. The first-order valence-electron chi connectivity index (χ1n) is 7.49. The third-order valence-electron chi connectivity index (χ3n) is 3.08. The average molecular weight is 322 g/mol. The fourth-order valence-corrected chi connectivity index (χ4v) is 1.83. The Labute approximate surface area is 137 Å². The molecule has 0 aliphatic rings. The van der Waals surface area contributed by atoms with Gasteiger partial charge in [0.25, 0.3) is 0 Å². The zero-order valence-corrected chi connectivity index (χ0v) is 14.7. The van der Waals surface area contributed by atoms with Crippen LogP contribution in [0.25, 0.3) is 0 Å². The number of ether oxygens (including phenoxy) is 2. The van der Waals surface area contributed by atoms with Gasteiger partial charge in [-0.3, -0.25) is 4.79 Å². The third-order valence-corrected chi connectivity index (χ3v) is 3.08. The van der Waals surface area contributed by atoms with Crippen LogP contribution < -0.4 is 5.32 Å². The number of hydrogen-bond donors (Lipinski definition) is 1. The molecule has 0 saturated carbocycles. The highest BCUT2D eigenvalue weighted by Gasteiger charge is 2.21. The minimum absolute atomic E-state index is 0.0590. The molecule has 0 aromatic heterocycles. The van der Waals surface area contributed by atoms with Crippen LogP contribution >= 0.6 is 0 Å². The predicted molar refractivity (Wildman–Crippen MR) is 89.4 cm³/mol. The first-order chi connectivity index (χ1) is 10.6. The molecule has 1 aromatic rings. The smallest absolute Gasteiger partial charge is 0.410 e. The Bertz CT molecular complexity index is 552. The number of anilines is 1. The third kappa shape index (κ3) is 6.69. The van der Waals surface area contributed by atoms with Gasteiger partial charge < -0.3 is 19.7 Å². The van der Waals surface area contributed by atoms with Crippen LogP contribution in [0.15, 0.2) is 24.3 Å². The van der Waals surface area contributed by atoms with Gasteiger partial charge in [0.15, 0.2) is 0 Å². The first kappa shape index (κ1) is 19.0. The maximum absolute atomic E-state index is 12.1. The second-order valence-electron chi connectivity index (χ2n) is 6.39. The van der Waals surface area contributed by atoms with Crippen molar-refractivity contribution < 1.29 is 19.1 Å². The summed E-state index contributed by atoms with van der Waals surface area (Å²) in [6, 6.07) is 7.41. The molecule has 1 atom stereocenters. The number of carbonyl (C=O) groups is 2. The molecule has 0 aliphatic carbocycles. The number of benzene rings is 1. The zero-order valence-electron chi connectivity index (χ0n) is 14.7. The summed E-state index contributed by atoms with van der Waals surface area (Å²) >= 11 is 0. The number of rotatable bonds is 5. The van der Waals surface area contributed by atoms with E-state index in [0.717, 1.165) is 5.56 Å². The van der Waals surface area contributed by atoms with Crippen LogP contribution in [0, 0.1) is 0 Å². The van der Waals surface area contributed by atoms with E-state index in [0.29, 0.717) is 5.69 Å². The Kier molecular flexibility index (Phi) is 6.57. The lowest BCUT2D eigenvalue weighted by molar-refractivity contribution is -0.117. The highest BCUT2D eigenvalue weighted by Crippen LogP contribution is 2.19. The molecule has 0 radical (unpaired) electrons. The number of nitrogens with one attached hydrogen (secondary N) is 1. The summed E-state index contributed by atoms with van der Waals surface area (Å²) in [5.41, 5.74) is 1.03. The van der Waals surface area contributed by atoms with Gasteiger partial charge in [-0.05, 0) is 45.4 Å². The van der Waals surface area contributed by atoms with Crippen LogP contribution in [-0.2, 0) is 14.3 Å². The molecule has 23 heavy (non-hydrogen) atoms. The predicted octanol–water partition coefficient (Wildman–Crippen LogP) is 3.20. The Morgan fingerprint density at radius 1 is 1.30 bits per heavy atom. The zero-order chi connectivity index (χ0) is 17.6. The molecule has 1 rings (SSSR count). The Morgan fingerprint density at radius 2 is 1.96 bits per heavy atom. The van der Waals surface area contributed by atoms with Gasteiger partial charge in [0.1, 0.15) is 12.1 Å². The maximum Gasteiger partial charge on any atom is 0.410 e. The molecule has 6 nitrogen and oxygen atoms in total. The van der Waals surface area contributed by atoms with Crippen LogP contribution in [0.4, 0.5) is 10.5 Å². The Balaban J connectivity index is 2.61. The number of nitrogens with zero attached hydrogens (tertiary/aromatic N) is 1. The lowest BCUT2D eigenvalue weighted by atomic mass is 10.1. The molecule has 1 unspecified atom stereocenters. The van der Waals surface area contributed by atoms with Crippen molar-refractivity contribution in [2.24, 2.45) is 0 Å². The fourth-order valence-electron chi connectivity index (χ4n) is 1.83. The minimum Gasteiger partial charge on any atom is -0.444 e. The number of amides is 2. The van der Waals surface area contributed by atoms with E-state index in [1.807, 2.05) is 25.1 Å². The van der Waals surface area contributed by atoms with Crippen molar-refractivity contribution in [3.63, 3.8) is 0 Å². The standard InChI is InChI=1S/C17H26N2O4/c1-12(22-6)13-8-7-9-14(10-13)18-15(20)11-19(5)16(21)23-17(2,3)4/h7-10,12H,11H2,1-6H3,(H,18,20). The Morgan fingerprint density at radius 3 is 2.52 bits per heavy atom. The van der Waals surface area contributed by atoms with Gasteiger partial charge in [-0.1, -0.05) is 12.1 Å². The van der Waals surface area contributed by atoms with Crippen LogP contribution in [0.2, 0.25) is 0 Å². The van der Waals surface area contributed by atoms with E-state index in [9.17, 15) is 9.59 Å². The summed E-state index contributed by atoms with van der Waals surface area (Å²) in [6.07, 6.45) is -0.592. The van der Waals surface area contributed by atoms with Crippen molar-refractivity contribution in [2.45, 2.75) is 39.4 Å². The van der Waals surface area contributed by atoms with Gasteiger partial charge in [-0.25, -0.2) is 4.79 Å². The fraction of sp³-hybridized carbons (Fsp3) is 0.529. The van der Waals surface area contributed by atoms with Crippen LogP contribution in [0.1, 0.15) is 39.4 Å². The average Bonchev–Trinajstić information content (AvgIpc) is 2.44. The second kappa shape index (κ2) is 7.97. The maximum atomic E-state index is 12.1. The molecular weight excluding hydrogens is 296 g/mol. The van der Waals surface area contributed by atoms with Gasteiger partial charge in [-0.2, -0.15) is 0 Å². The van der Waals surface area contributed by atoms with Crippen LogP contribution in [-0.4, -0.2) is 43.2 Å². The monoisotopic (exact) mass is 322 g/mol. The van der Waals surface area contributed by atoms with E-state index in [2.05, 4.69) is 5.32 Å². The van der Waals surface area contributed by atoms with Crippen molar-refractivity contribution >= 4 is 17.7 Å². The number of methoxy groups -OCH3 is 1. The van der Waals surface area contributed by atoms with Gasteiger partial charge in [0.2, 0.25) is 5.91 Å². The van der Waals surface area contributed by atoms with E-state index in [-0.39, 0.29) is 18.6 Å². The van der Waals surface area contributed by atoms with E-state index in [1.165, 1.54) is 11.9 Å². The lowest BCUT2D eigenvalue weighted by Gasteiger charge is -2.24. The highest BCUT2D eigenvalue weighted by atomic mass is 16.6. The molecule has 128 valence electrons. The van der Waals surface area contributed by atoms with E-state index >= 15 is 0 Å². The quantitative estimate of drug-likeness (QED) is 0.904. The molecular formula is C17H26N2O4. The largest absolute Gasteiger partial charge is 0.444 e. The van der Waals surface area contributed by atoms with Gasteiger partial charge in [0, 0.05) is 19.8 Å². The van der Waals surface area contributed by atoms with Crippen molar-refractivity contribution in [1.29, 1.82) is 0 Å². The van der Waals surface area contributed by atoms with E-state index in [1.54, 1.807) is 33.9 Å². The molecule has 1 aromatic carbocycles. The Hall–Kier alpha value is -2.08. The molecule has 0 aliphatic heterocycles. The molecule has 0 fully saturated rings. The molecule has 0 saturated heterocycles. The minimum atomic E-state index is -0.591. The van der Waals surface area contributed by atoms with Gasteiger partial charge >= 0.3 is 6.09 Å². The first-order valence-corrected chi connectivity index (χ1v) is 7.49. The van der Waals surface area contributed by atoms with Crippen molar-refractivity contribution in [3.05, 3.63) is 29.8 Å². The summed E-state index contributed by atoms with van der Waals surface area (Å²) in [5.74, 6) is -0.291.